The van der Waals surface area contributed by atoms with Crippen LogP contribution in [0.4, 0.5) is 0 Å². The van der Waals surface area contributed by atoms with Crippen molar-refractivity contribution in [2.75, 3.05) is 6.26 Å². The van der Waals surface area contributed by atoms with Crippen molar-refractivity contribution in [2.24, 2.45) is 0 Å². The first kappa shape index (κ1) is 12.6. The Hall–Kier alpha value is -1.88. The van der Waals surface area contributed by atoms with Crippen LogP contribution in [0, 0.1) is 0 Å². The second kappa shape index (κ2) is 4.78. The number of sulfone groups is 1. The van der Waals surface area contributed by atoms with Gasteiger partial charge in [-0.05, 0) is 29.8 Å². The monoisotopic (exact) mass is 264 g/mol. The Kier molecular flexibility index (Phi) is 3.34. The molecule has 0 amide bonds. The minimum atomic E-state index is -3.16. The number of furan rings is 1. The molecule has 0 bridgehead atoms. The van der Waals surface area contributed by atoms with E-state index in [0.29, 0.717) is 23.4 Å². The predicted molar refractivity (Wildman–Crippen MR) is 66.5 cm³/mol. The summed E-state index contributed by atoms with van der Waals surface area (Å²) in [5.41, 5.74) is 0.925. The van der Waals surface area contributed by atoms with Crippen molar-refractivity contribution < 1.29 is 17.6 Å². The maximum atomic E-state index is 11.3. The standard InChI is InChI=1S/C13H12O4S/c1-18(15,16)13-6-2-10(3-7-13)8-11-4-5-12(9-14)17-11/h2-7,9H,8H2,1H3. The number of hydrogen-bond acceptors (Lipinski definition) is 4. The van der Waals surface area contributed by atoms with E-state index in [1.54, 1.807) is 36.4 Å². The van der Waals surface area contributed by atoms with Crippen LogP contribution in [0.15, 0.2) is 45.7 Å². The lowest BCUT2D eigenvalue weighted by atomic mass is 10.1. The molecular weight excluding hydrogens is 252 g/mol. The third-order valence-corrected chi connectivity index (χ3v) is 3.66. The average molecular weight is 264 g/mol. The summed E-state index contributed by atoms with van der Waals surface area (Å²) in [6.07, 6.45) is 2.35. The quantitative estimate of drug-likeness (QED) is 0.793. The van der Waals surface area contributed by atoms with E-state index in [-0.39, 0.29) is 5.76 Å². The molecule has 0 N–H and O–H groups in total. The van der Waals surface area contributed by atoms with E-state index in [4.69, 9.17) is 4.42 Å². The number of rotatable bonds is 4. The number of aldehydes is 1. The zero-order valence-corrected chi connectivity index (χ0v) is 10.6. The Morgan fingerprint density at radius 2 is 1.78 bits per heavy atom. The van der Waals surface area contributed by atoms with Crippen molar-refractivity contribution in [2.45, 2.75) is 11.3 Å². The first-order chi connectivity index (χ1) is 8.49. The Morgan fingerprint density at radius 3 is 2.28 bits per heavy atom. The van der Waals surface area contributed by atoms with Gasteiger partial charge in [0, 0.05) is 12.7 Å². The maximum Gasteiger partial charge on any atom is 0.185 e. The molecule has 0 aliphatic carbocycles. The molecule has 0 atom stereocenters. The van der Waals surface area contributed by atoms with Crippen molar-refractivity contribution in [1.29, 1.82) is 0 Å². The molecule has 0 unspecified atom stereocenters. The molecule has 18 heavy (non-hydrogen) atoms. The molecule has 0 saturated carbocycles. The zero-order valence-electron chi connectivity index (χ0n) is 9.79. The molecule has 2 rings (SSSR count). The first-order valence-corrected chi connectivity index (χ1v) is 7.21. The van der Waals surface area contributed by atoms with Crippen LogP contribution in [0.2, 0.25) is 0 Å². The highest BCUT2D eigenvalue weighted by molar-refractivity contribution is 7.90. The van der Waals surface area contributed by atoms with E-state index in [1.165, 1.54) is 6.26 Å². The van der Waals surface area contributed by atoms with Gasteiger partial charge in [-0.1, -0.05) is 12.1 Å². The van der Waals surface area contributed by atoms with Gasteiger partial charge >= 0.3 is 0 Å². The van der Waals surface area contributed by atoms with Gasteiger partial charge in [-0.15, -0.1) is 0 Å². The van der Waals surface area contributed by atoms with Gasteiger partial charge < -0.3 is 4.42 Å². The van der Waals surface area contributed by atoms with Crippen molar-refractivity contribution in [3.63, 3.8) is 0 Å². The zero-order chi connectivity index (χ0) is 13.2. The van der Waals surface area contributed by atoms with Gasteiger partial charge in [-0.3, -0.25) is 4.79 Å². The van der Waals surface area contributed by atoms with Crippen LogP contribution in [-0.2, 0) is 16.3 Å². The lowest BCUT2D eigenvalue weighted by Gasteiger charge is -2.01. The largest absolute Gasteiger partial charge is 0.458 e. The molecule has 0 aliphatic rings. The molecule has 1 aromatic heterocycles. The minimum Gasteiger partial charge on any atom is -0.458 e. The molecule has 5 heteroatoms. The second-order valence-electron chi connectivity index (χ2n) is 4.01. The van der Waals surface area contributed by atoms with Crippen LogP contribution in [0.25, 0.3) is 0 Å². The van der Waals surface area contributed by atoms with E-state index in [9.17, 15) is 13.2 Å². The number of benzene rings is 1. The molecule has 4 nitrogen and oxygen atoms in total. The summed E-state index contributed by atoms with van der Waals surface area (Å²) < 4.78 is 27.8. The summed E-state index contributed by atoms with van der Waals surface area (Å²) in [6.45, 7) is 0. The van der Waals surface area contributed by atoms with Crippen molar-refractivity contribution in [1.82, 2.24) is 0 Å². The van der Waals surface area contributed by atoms with E-state index in [2.05, 4.69) is 0 Å². The van der Waals surface area contributed by atoms with Crippen LogP contribution in [-0.4, -0.2) is 21.0 Å². The molecule has 1 heterocycles. The molecule has 0 aliphatic heterocycles. The molecule has 0 fully saturated rings. The summed E-state index contributed by atoms with van der Waals surface area (Å²) in [5.74, 6) is 0.960. The van der Waals surface area contributed by atoms with Crippen LogP contribution in [0.5, 0.6) is 0 Å². The van der Waals surface area contributed by atoms with Gasteiger partial charge in [-0.2, -0.15) is 0 Å². The third-order valence-electron chi connectivity index (χ3n) is 2.53. The molecule has 2 aromatic rings. The fraction of sp³-hybridized carbons (Fsp3) is 0.154. The Morgan fingerprint density at radius 1 is 1.11 bits per heavy atom. The lowest BCUT2D eigenvalue weighted by molar-refractivity contribution is 0.109. The average Bonchev–Trinajstić information content (AvgIpc) is 2.76. The summed E-state index contributed by atoms with van der Waals surface area (Å²) in [6, 6.07) is 9.93. The number of hydrogen-bond donors (Lipinski definition) is 0. The van der Waals surface area contributed by atoms with Crippen LogP contribution in [0.3, 0.4) is 0 Å². The van der Waals surface area contributed by atoms with Crippen molar-refractivity contribution in [3.8, 4) is 0 Å². The fourth-order valence-corrected chi connectivity index (χ4v) is 2.24. The summed E-state index contributed by atoms with van der Waals surface area (Å²) in [4.78, 5) is 10.8. The SMILES string of the molecule is CS(=O)(=O)c1ccc(Cc2ccc(C=O)o2)cc1. The lowest BCUT2D eigenvalue weighted by Crippen LogP contribution is -1.97. The van der Waals surface area contributed by atoms with Gasteiger partial charge in [0.2, 0.25) is 0 Å². The highest BCUT2D eigenvalue weighted by atomic mass is 32.2. The van der Waals surface area contributed by atoms with Gasteiger partial charge in [-0.25, -0.2) is 8.42 Å². The minimum absolute atomic E-state index is 0.290. The molecule has 94 valence electrons. The van der Waals surface area contributed by atoms with Crippen LogP contribution >= 0.6 is 0 Å². The summed E-state index contributed by atoms with van der Waals surface area (Å²) >= 11 is 0. The summed E-state index contributed by atoms with van der Waals surface area (Å²) in [7, 11) is -3.16. The third kappa shape index (κ3) is 2.87. The molecule has 0 saturated heterocycles. The Bertz CT molecular complexity index is 651. The van der Waals surface area contributed by atoms with Gasteiger partial charge in [0.15, 0.2) is 21.9 Å². The smallest absolute Gasteiger partial charge is 0.185 e. The normalized spacial score (nSPS) is 11.4. The molecule has 1 aromatic carbocycles. The van der Waals surface area contributed by atoms with E-state index in [1.807, 2.05) is 0 Å². The molecular formula is C13H12O4S. The highest BCUT2D eigenvalue weighted by Crippen LogP contribution is 2.15. The topological polar surface area (TPSA) is 64.3 Å². The van der Waals surface area contributed by atoms with Crippen molar-refractivity contribution >= 4 is 16.1 Å². The summed E-state index contributed by atoms with van der Waals surface area (Å²) in [5, 5.41) is 0. The Balaban J connectivity index is 2.18. The van der Waals surface area contributed by atoms with Crippen LogP contribution < -0.4 is 0 Å². The number of carbonyl (C=O) groups excluding carboxylic acids is 1. The van der Waals surface area contributed by atoms with Crippen molar-refractivity contribution in [3.05, 3.63) is 53.5 Å². The second-order valence-corrected chi connectivity index (χ2v) is 6.03. The Labute approximate surface area is 105 Å². The van der Waals surface area contributed by atoms with Gasteiger partial charge in [0.05, 0.1) is 4.90 Å². The predicted octanol–water partition coefficient (Wildman–Crippen LogP) is 2.09. The molecule has 0 radical (unpaired) electrons. The van der Waals surface area contributed by atoms with E-state index in [0.717, 1.165) is 5.56 Å². The fourth-order valence-electron chi connectivity index (χ4n) is 1.61. The first-order valence-electron chi connectivity index (χ1n) is 5.32. The van der Waals surface area contributed by atoms with Gasteiger partial charge in [0.1, 0.15) is 5.76 Å². The molecule has 0 spiro atoms. The number of carbonyl (C=O) groups is 1. The van der Waals surface area contributed by atoms with Crippen LogP contribution in [0.1, 0.15) is 21.9 Å². The van der Waals surface area contributed by atoms with E-state index < -0.39 is 9.84 Å². The van der Waals surface area contributed by atoms with Gasteiger partial charge in [0.25, 0.3) is 0 Å². The highest BCUT2D eigenvalue weighted by Gasteiger charge is 2.07. The maximum absolute atomic E-state index is 11.3. The van der Waals surface area contributed by atoms with E-state index >= 15 is 0 Å².